The SMILES string of the molecule is Cc1nn(-c2ccc(Cl)cc2)c2sc(C(=O)OCC(=O)N(C)c3ccccc3)cc12. The molecule has 0 spiro atoms. The number of nitrogens with zero attached hydrogens (tertiary/aromatic N) is 3. The van der Waals surface area contributed by atoms with Gasteiger partial charge in [-0.15, -0.1) is 11.3 Å². The number of aromatic nitrogens is 2. The van der Waals surface area contributed by atoms with Gasteiger partial charge < -0.3 is 9.64 Å². The average molecular weight is 440 g/mol. The van der Waals surface area contributed by atoms with E-state index in [0.717, 1.165) is 27.3 Å². The molecule has 0 N–H and O–H groups in total. The molecule has 4 rings (SSSR count). The molecular weight excluding hydrogens is 422 g/mol. The van der Waals surface area contributed by atoms with Gasteiger partial charge in [0.2, 0.25) is 0 Å². The normalized spacial score (nSPS) is 10.9. The predicted molar refractivity (Wildman–Crippen MR) is 119 cm³/mol. The number of aryl methyl sites for hydroxylation is 1. The van der Waals surface area contributed by atoms with Crippen LogP contribution in [0.1, 0.15) is 15.4 Å². The maximum Gasteiger partial charge on any atom is 0.348 e. The lowest BCUT2D eigenvalue weighted by Crippen LogP contribution is -2.30. The van der Waals surface area contributed by atoms with Crippen molar-refractivity contribution in [2.24, 2.45) is 0 Å². The van der Waals surface area contributed by atoms with Gasteiger partial charge in [-0.2, -0.15) is 5.10 Å². The number of fused-ring (bicyclic) bond motifs is 1. The van der Waals surface area contributed by atoms with Crippen LogP contribution in [0.5, 0.6) is 0 Å². The summed E-state index contributed by atoms with van der Waals surface area (Å²) >= 11 is 7.25. The third kappa shape index (κ3) is 3.94. The van der Waals surface area contributed by atoms with Crippen molar-refractivity contribution in [1.82, 2.24) is 9.78 Å². The van der Waals surface area contributed by atoms with Crippen LogP contribution >= 0.6 is 22.9 Å². The summed E-state index contributed by atoms with van der Waals surface area (Å²) in [7, 11) is 1.65. The van der Waals surface area contributed by atoms with E-state index in [1.165, 1.54) is 16.2 Å². The smallest absolute Gasteiger partial charge is 0.348 e. The lowest BCUT2D eigenvalue weighted by atomic mass is 10.3. The summed E-state index contributed by atoms with van der Waals surface area (Å²) in [5.74, 6) is -0.841. The molecule has 8 heteroatoms. The first kappa shape index (κ1) is 20.1. The van der Waals surface area contributed by atoms with E-state index < -0.39 is 5.97 Å². The molecule has 0 bridgehead atoms. The topological polar surface area (TPSA) is 64.4 Å². The van der Waals surface area contributed by atoms with Crippen molar-refractivity contribution in [3.8, 4) is 5.69 Å². The summed E-state index contributed by atoms with van der Waals surface area (Å²) in [5, 5.41) is 6.06. The number of esters is 1. The molecule has 2 aromatic heterocycles. The number of amides is 1. The van der Waals surface area contributed by atoms with E-state index in [4.69, 9.17) is 16.3 Å². The highest BCUT2D eigenvalue weighted by Gasteiger charge is 2.20. The molecule has 152 valence electrons. The van der Waals surface area contributed by atoms with Crippen molar-refractivity contribution in [2.75, 3.05) is 18.6 Å². The van der Waals surface area contributed by atoms with Gasteiger partial charge in [0.1, 0.15) is 9.71 Å². The van der Waals surface area contributed by atoms with Gasteiger partial charge in [0.25, 0.3) is 5.91 Å². The fourth-order valence-corrected chi connectivity index (χ4v) is 4.20. The predicted octanol–water partition coefficient (Wildman–Crippen LogP) is 4.87. The van der Waals surface area contributed by atoms with Crippen LogP contribution in [0.2, 0.25) is 5.02 Å². The first-order valence-corrected chi connectivity index (χ1v) is 10.4. The van der Waals surface area contributed by atoms with Gasteiger partial charge in [-0.05, 0) is 49.4 Å². The minimum Gasteiger partial charge on any atom is -0.451 e. The zero-order valence-electron chi connectivity index (χ0n) is 16.3. The Kier molecular flexibility index (Phi) is 5.57. The van der Waals surface area contributed by atoms with Gasteiger partial charge in [0, 0.05) is 23.1 Å². The summed E-state index contributed by atoms with van der Waals surface area (Å²) in [5.41, 5.74) is 2.38. The summed E-state index contributed by atoms with van der Waals surface area (Å²) in [6.07, 6.45) is 0. The van der Waals surface area contributed by atoms with Gasteiger partial charge in [-0.1, -0.05) is 29.8 Å². The van der Waals surface area contributed by atoms with E-state index in [1.54, 1.807) is 29.9 Å². The molecule has 2 aromatic carbocycles. The number of benzene rings is 2. The Labute approximate surface area is 182 Å². The Hall–Kier alpha value is -3.16. The number of hydrogen-bond donors (Lipinski definition) is 0. The second kappa shape index (κ2) is 8.30. The quantitative estimate of drug-likeness (QED) is 0.416. The number of halogens is 1. The Morgan fingerprint density at radius 3 is 2.53 bits per heavy atom. The highest BCUT2D eigenvalue weighted by molar-refractivity contribution is 7.20. The Bertz CT molecular complexity index is 1220. The number of carbonyl (C=O) groups excluding carboxylic acids is 2. The van der Waals surface area contributed by atoms with Crippen molar-refractivity contribution >= 4 is 50.7 Å². The lowest BCUT2D eigenvalue weighted by molar-refractivity contribution is -0.121. The van der Waals surface area contributed by atoms with Crippen LogP contribution < -0.4 is 4.90 Å². The average Bonchev–Trinajstić information content (AvgIpc) is 3.33. The summed E-state index contributed by atoms with van der Waals surface area (Å²) < 4.78 is 7.04. The lowest BCUT2D eigenvalue weighted by Gasteiger charge is -2.16. The van der Waals surface area contributed by atoms with E-state index in [-0.39, 0.29) is 12.5 Å². The summed E-state index contributed by atoms with van der Waals surface area (Å²) in [6, 6.07) is 18.2. The second-order valence-corrected chi connectivity index (χ2v) is 8.13. The van der Waals surface area contributed by atoms with E-state index in [0.29, 0.717) is 9.90 Å². The zero-order valence-corrected chi connectivity index (χ0v) is 17.9. The molecule has 0 aliphatic carbocycles. The number of thiophene rings is 1. The number of rotatable bonds is 5. The summed E-state index contributed by atoms with van der Waals surface area (Å²) in [4.78, 5) is 27.6. The van der Waals surface area contributed by atoms with Gasteiger partial charge in [0.15, 0.2) is 6.61 Å². The highest BCUT2D eigenvalue weighted by atomic mass is 35.5. The Morgan fingerprint density at radius 2 is 1.83 bits per heavy atom. The number of para-hydroxylation sites is 1. The fourth-order valence-electron chi connectivity index (χ4n) is 3.00. The van der Waals surface area contributed by atoms with E-state index >= 15 is 0 Å². The first-order chi connectivity index (χ1) is 14.4. The van der Waals surface area contributed by atoms with Crippen LogP contribution in [0.3, 0.4) is 0 Å². The maximum absolute atomic E-state index is 12.5. The van der Waals surface area contributed by atoms with E-state index in [2.05, 4.69) is 5.10 Å². The molecule has 0 aliphatic rings. The third-order valence-corrected chi connectivity index (χ3v) is 6.00. The zero-order chi connectivity index (χ0) is 21.3. The standard InChI is InChI=1S/C22H18ClN3O3S/c1-14-18-12-19(30-21(18)26(24-14)17-10-8-15(23)9-11-17)22(28)29-13-20(27)25(2)16-6-4-3-5-7-16/h3-12H,13H2,1-2H3. The van der Waals surface area contributed by atoms with Gasteiger partial charge in [0.05, 0.1) is 11.4 Å². The van der Waals surface area contributed by atoms with Crippen LogP contribution in [-0.2, 0) is 9.53 Å². The van der Waals surface area contributed by atoms with Crippen molar-refractivity contribution in [3.63, 3.8) is 0 Å². The highest BCUT2D eigenvalue weighted by Crippen LogP contribution is 2.31. The number of anilines is 1. The maximum atomic E-state index is 12.5. The largest absolute Gasteiger partial charge is 0.451 e. The molecule has 0 unspecified atom stereocenters. The van der Waals surface area contributed by atoms with E-state index in [1.807, 2.05) is 49.4 Å². The molecule has 30 heavy (non-hydrogen) atoms. The summed E-state index contributed by atoms with van der Waals surface area (Å²) in [6.45, 7) is 1.55. The minimum atomic E-state index is -0.534. The monoisotopic (exact) mass is 439 g/mol. The van der Waals surface area contributed by atoms with Crippen LogP contribution in [0, 0.1) is 6.92 Å². The van der Waals surface area contributed by atoms with Crippen LogP contribution in [0.15, 0.2) is 60.7 Å². The molecule has 0 saturated heterocycles. The Morgan fingerprint density at radius 1 is 1.13 bits per heavy atom. The van der Waals surface area contributed by atoms with Gasteiger partial charge in [-0.25, -0.2) is 9.48 Å². The third-order valence-electron chi connectivity index (χ3n) is 4.66. The minimum absolute atomic E-state index is 0.306. The molecule has 0 saturated carbocycles. The van der Waals surface area contributed by atoms with Crippen molar-refractivity contribution in [1.29, 1.82) is 0 Å². The molecule has 2 heterocycles. The number of ether oxygens (including phenoxy) is 1. The second-order valence-electron chi connectivity index (χ2n) is 6.67. The number of likely N-dealkylation sites (N-methyl/N-ethyl adjacent to an activating group) is 1. The molecular formula is C22H18ClN3O3S. The van der Waals surface area contributed by atoms with Gasteiger partial charge >= 0.3 is 5.97 Å². The van der Waals surface area contributed by atoms with Gasteiger partial charge in [-0.3, -0.25) is 4.79 Å². The fraction of sp³-hybridized carbons (Fsp3) is 0.136. The molecule has 6 nitrogen and oxygen atoms in total. The Balaban J connectivity index is 1.51. The van der Waals surface area contributed by atoms with Crippen LogP contribution in [-0.4, -0.2) is 35.3 Å². The van der Waals surface area contributed by atoms with Crippen molar-refractivity contribution in [2.45, 2.75) is 6.92 Å². The van der Waals surface area contributed by atoms with Crippen LogP contribution in [0.4, 0.5) is 5.69 Å². The molecule has 0 atom stereocenters. The molecule has 0 radical (unpaired) electrons. The molecule has 0 aliphatic heterocycles. The number of carbonyl (C=O) groups is 2. The molecule has 1 amide bonds. The number of hydrogen-bond acceptors (Lipinski definition) is 5. The molecule has 0 fully saturated rings. The first-order valence-electron chi connectivity index (χ1n) is 9.18. The van der Waals surface area contributed by atoms with Crippen molar-refractivity contribution < 1.29 is 14.3 Å². The van der Waals surface area contributed by atoms with Crippen molar-refractivity contribution in [3.05, 3.63) is 76.3 Å². The van der Waals surface area contributed by atoms with E-state index in [9.17, 15) is 9.59 Å². The molecule has 4 aromatic rings. The van der Waals surface area contributed by atoms with Crippen LogP contribution in [0.25, 0.3) is 15.9 Å².